The maximum atomic E-state index is 14.6. The molecule has 2 unspecified atom stereocenters. The van der Waals surface area contributed by atoms with Crippen LogP contribution >= 0.6 is 0 Å². The van der Waals surface area contributed by atoms with Gasteiger partial charge in [-0.1, -0.05) is 26.0 Å². The molecule has 2 aromatic carbocycles. The molecule has 0 saturated carbocycles. The van der Waals surface area contributed by atoms with Crippen molar-refractivity contribution >= 4 is 28.5 Å². The molecule has 0 aromatic heterocycles. The van der Waals surface area contributed by atoms with Crippen LogP contribution < -0.4 is 14.9 Å². The van der Waals surface area contributed by atoms with Crippen molar-refractivity contribution in [1.29, 1.82) is 0 Å². The van der Waals surface area contributed by atoms with Gasteiger partial charge in [0.05, 0.1) is 17.2 Å². The van der Waals surface area contributed by atoms with Crippen molar-refractivity contribution in [3.8, 4) is 0 Å². The van der Waals surface area contributed by atoms with Gasteiger partial charge in [-0.15, -0.1) is 0 Å². The van der Waals surface area contributed by atoms with E-state index in [1.165, 1.54) is 25.2 Å². The third-order valence-electron chi connectivity index (χ3n) is 6.86. The lowest BCUT2D eigenvalue weighted by atomic mass is 9.82. The Balaban J connectivity index is 1.88. The summed E-state index contributed by atoms with van der Waals surface area (Å²) in [6.45, 7) is 5.50. The summed E-state index contributed by atoms with van der Waals surface area (Å²) in [7, 11) is 1.24. The summed E-state index contributed by atoms with van der Waals surface area (Å²) >= 11 is -2.43. The second kappa shape index (κ2) is 10.8. The molecule has 1 aliphatic heterocycles. The van der Waals surface area contributed by atoms with Crippen LogP contribution in [0.4, 0.5) is 28.9 Å². The largest absolute Gasteiger partial charge is 0.416 e. The molecule has 198 valence electrons. The van der Waals surface area contributed by atoms with Crippen molar-refractivity contribution in [2.75, 3.05) is 29.3 Å². The van der Waals surface area contributed by atoms with Crippen molar-refractivity contribution in [2.45, 2.75) is 51.6 Å². The topological polar surface area (TPSA) is 86.9 Å². The maximum absolute atomic E-state index is 14.6. The highest BCUT2D eigenvalue weighted by Crippen LogP contribution is 2.38. The van der Waals surface area contributed by atoms with Gasteiger partial charge in [0.2, 0.25) is 5.91 Å². The van der Waals surface area contributed by atoms with Gasteiger partial charge in [0.15, 0.2) is 0 Å². The first-order valence-electron chi connectivity index (χ1n) is 11.6. The van der Waals surface area contributed by atoms with Crippen LogP contribution in [0.25, 0.3) is 0 Å². The summed E-state index contributed by atoms with van der Waals surface area (Å²) in [4.78, 5) is 14.2. The summed E-state index contributed by atoms with van der Waals surface area (Å²) < 4.78 is 76.2. The lowest BCUT2D eigenvalue weighted by Crippen LogP contribution is -2.38. The molecule has 0 radical (unpaired) electrons. The standard InChI is InChI=1S/C25H31F4N3O3S/c1-24(2)10-12-32(13-11-24)22-15-18(25(27,28)29)7-4-16(22)5-8-19(23(30)33)17-6-9-21(20(26)14-17)31(3)36(34)35/h4,6-7,9,14-15,19H,5,8,10-13H2,1-3H3,(H2,30,33)(H,34,35). The molecule has 0 bridgehead atoms. The zero-order valence-electron chi connectivity index (χ0n) is 20.4. The van der Waals surface area contributed by atoms with Crippen molar-refractivity contribution in [3.63, 3.8) is 0 Å². The Morgan fingerprint density at radius 3 is 2.36 bits per heavy atom. The quantitative estimate of drug-likeness (QED) is 0.362. The minimum atomic E-state index is -4.48. The molecule has 36 heavy (non-hydrogen) atoms. The summed E-state index contributed by atoms with van der Waals surface area (Å²) in [5.74, 6) is -2.39. The van der Waals surface area contributed by atoms with Crippen molar-refractivity contribution < 1.29 is 31.1 Å². The van der Waals surface area contributed by atoms with Gasteiger partial charge < -0.3 is 10.6 Å². The van der Waals surface area contributed by atoms with E-state index in [-0.39, 0.29) is 29.5 Å². The van der Waals surface area contributed by atoms with Crippen molar-refractivity contribution in [1.82, 2.24) is 0 Å². The summed E-state index contributed by atoms with van der Waals surface area (Å²) in [6, 6.07) is 7.46. The van der Waals surface area contributed by atoms with Gasteiger partial charge >= 0.3 is 6.18 Å². The lowest BCUT2D eigenvalue weighted by Gasteiger charge is -2.39. The molecule has 11 heteroatoms. The highest BCUT2D eigenvalue weighted by atomic mass is 32.2. The van der Waals surface area contributed by atoms with E-state index in [1.807, 2.05) is 4.90 Å². The average Bonchev–Trinajstić information content (AvgIpc) is 2.78. The normalized spacial score (nSPS) is 17.5. The smallest absolute Gasteiger partial charge is 0.371 e. The number of nitrogens with two attached hydrogens (primary N) is 1. The van der Waals surface area contributed by atoms with Crippen molar-refractivity contribution in [2.24, 2.45) is 11.1 Å². The molecule has 2 aromatic rings. The SMILES string of the molecule is CN(c1ccc(C(CCc2ccc(C(F)(F)F)cc2N2CCC(C)(C)CC2)C(N)=O)cc1F)S(=O)O. The number of amides is 1. The first kappa shape index (κ1) is 27.9. The monoisotopic (exact) mass is 529 g/mol. The van der Waals surface area contributed by atoms with Crippen LogP contribution in [0.2, 0.25) is 0 Å². The molecule has 2 atom stereocenters. The van der Waals surface area contributed by atoms with E-state index in [0.717, 1.165) is 35.3 Å². The third-order valence-corrected chi connectivity index (χ3v) is 7.53. The molecule has 6 nitrogen and oxygen atoms in total. The predicted molar refractivity (Wildman–Crippen MR) is 133 cm³/mol. The van der Waals surface area contributed by atoms with Gasteiger partial charge in [-0.2, -0.15) is 13.2 Å². The fraction of sp³-hybridized carbons (Fsp3) is 0.480. The number of hydrogen-bond acceptors (Lipinski definition) is 3. The van der Waals surface area contributed by atoms with E-state index in [1.54, 1.807) is 0 Å². The minimum Gasteiger partial charge on any atom is -0.371 e. The Morgan fingerprint density at radius 2 is 1.83 bits per heavy atom. The molecule has 0 aliphatic carbocycles. The maximum Gasteiger partial charge on any atom is 0.416 e. The van der Waals surface area contributed by atoms with E-state index in [2.05, 4.69) is 13.8 Å². The van der Waals surface area contributed by atoms with Crippen LogP contribution in [0.3, 0.4) is 0 Å². The molecular weight excluding hydrogens is 498 g/mol. The van der Waals surface area contributed by atoms with Gasteiger partial charge in [0.25, 0.3) is 11.3 Å². The Kier molecular flexibility index (Phi) is 8.34. The average molecular weight is 530 g/mol. The van der Waals surface area contributed by atoms with Crippen LogP contribution in [0.5, 0.6) is 0 Å². The van der Waals surface area contributed by atoms with Crippen LogP contribution in [0.1, 0.15) is 55.7 Å². The minimum absolute atomic E-state index is 0.113. The Bertz CT molecular complexity index is 1130. The number of alkyl halides is 3. The zero-order valence-corrected chi connectivity index (χ0v) is 21.3. The molecule has 1 saturated heterocycles. The number of aryl methyl sites for hydroxylation is 1. The van der Waals surface area contributed by atoms with Gasteiger partial charge in [-0.25, -0.2) is 8.60 Å². The summed E-state index contributed by atoms with van der Waals surface area (Å²) in [5, 5.41) is 0. The fourth-order valence-corrected chi connectivity index (χ4v) is 4.77. The van der Waals surface area contributed by atoms with E-state index in [9.17, 15) is 31.1 Å². The number of halogens is 4. The molecule has 1 fully saturated rings. The molecule has 0 spiro atoms. The number of hydrogen-bond donors (Lipinski definition) is 2. The molecule has 1 amide bonds. The fourth-order valence-electron chi connectivity index (χ4n) is 4.45. The number of carbonyl (C=O) groups is 1. The zero-order chi connectivity index (χ0) is 26.8. The number of nitrogens with zero attached hydrogens (tertiary/aromatic N) is 2. The van der Waals surface area contributed by atoms with Crippen molar-refractivity contribution in [3.05, 3.63) is 58.9 Å². The van der Waals surface area contributed by atoms with Gasteiger partial charge in [-0.3, -0.25) is 13.7 Å². The van der Waals surface area contributed by atoms with Gasteiger partial charge in [-0.05, 0) is 66.5 Å². The second-order valence-corrected chi connectivity index (χ2v) is 10.9. The highest BCUT2D eigenvalue weighted by Gasteiger charge is 2.33. The van der Waals surface area contributed by atoms with E-state index in [0.29, 0.717) is 24.3 Å². The Morgan fingerprint density at radius 1 is 1.19 bits per heavy atom. The van der Waals surface area contributed by atoms with E-state index in [4.69, 9.17) is 5.73 Å². The summed E-state index contributed by atoms with van der Waals surface area (Å²) in [5.41, 5.74) is 6.28. The van der Waals surface area contributed by atoms with Crippen LogP contribution in [-0.4, -0.2) is 34.8 Å². The Hall–Kier alpha value is -2.66. The van der Waals surface area contributed by atoms with E-state index < -0.39 is 40.6 Å². The second-order valence-electron chi connectivity index (χ2n) is 9.93. The van der Waals surface area contributed by atoms with Crippen LogP contribution in [0, 0.1) is 11.2 Å². The summed E-state index contributed by atoms with van der Waals surface area (Å²) in [6.07, 6.45) is -2.39. The number of primary amides is 1. The molecule has 3 N–H and O–H groups in total. The molecule has 3 rings (SSSR count). The number of anilines is 2. The third kappa shape index (κ3) is 6.56. The first-order valence-corrected chi connectivity index (χ1v) is 12.6. The Labute approximate surface area is 210 Å². The lowest BCUT2D eigenvalue weighted by molar-refractivity contribution is -0.137. The first-order chi connectivity index (χ1) is 16.7. The van der Waals surface area contributed by atoms with E-state index >= 15 is 0 Å². The van der Waals surface area contributed by atoms with Gasteiger partial charge in [0.1, 0.15) is 5.82 Å². The highest BCUT2D eigenvalue weighted by molar-refractivity contribution is 7.80. The van der Waals surface area contributed by atoms with Crippen LogP contribution in [-0.2, 0) is 28.7 Å². The molecule has 1 heterocycles. The van der Waals surface area contributed by atoms with Crippen LogP contribution in [0.15, 0.2) is 36.4 Å². The predicted octanol–water partition coefficient (Wildman–Crippen LogP) is 5.25. The number of carbonyl (C=O) groups excluding carboxylic acids is 1. The molecule has 1 aliphatic rings. The molecular formula is C25H31F4N3O3S. The number of piperidine rings is 1. The number of benzene rings is 2. The van der Waals surface area contributed by atoms with Gasteiger partial charge in [0, 0.05) is 25.8 Å². The number of rotatable bonds is 8.